The molecule has 2 atom stereocenters. The van der Waals surface area contributed by atoms with Crippen LogP contribution in [0.25, 0.3) is 0 Å². The molecule has 0 aliphatic heterocycles. The van der Waals surface area contributed by atoms with Gasteiger partial charge in [-0.05, 0) is 14.0 Å². The van der Waals surface area contributed by atoms with E-state index in [-0.39, 0.29) is 6.61 Å². The third-order valence-corrected chi connectivity index (χ3v) is 1.79. The summed E-state index contributed by atoms with van der Waals surface area (Å²) in [7, 11) is 1.29. The average Bonchev–Trinajstić information content (AvgIpc) is 1.82. The van der Waals surface area contributed by atoms with Gasteiger partial charge in [0.15, 0.2) is 0 Å². The third-order valence-electron chi connectivity index (χ3n) is 1.79. The van der Waals surface area contributed by atoms with Crippen molar-refractivity contribution in [1.29, 1.82) is 0 Å². The molecule has 0 radical (unpaired) electrons. The summed E-state index contributed by atoms with van der Waals surface area (Å²) < 4.78 is 35.7. The number of aliphatic hydroxyl groups excluding tert-OH is 1. The maximum atomic E-state index is 11.9. The van der Waals surface area contributed by atoms with Crippen molar-refractivity contribution >= 4 is 0 Å². The molecule has 3 nitrogen and oxygen atoms in total. The van der Waals surface area contributed by atoms with Gasteiger partial charge in [0, 0.05) is 12.1 Å². The molecule has 0 aromatic heterocycles. The Kier molecular flexibility index (Phi) is 4.66. The summed E-state index contributed by atoms with van der Waals surface area (Å²) in [5, 5.41) is 8.77. The van der Waals surface area contributed by atoms with Gasteiger partial charge >= 0.3 is 6.18 Å². The van der Waals surface area contributed by atoms with Gasteiger partial charge in [-0.2, -0.15) is 13.2 Å². The molecule has 0 saturated carbocycles. The minimum absolute atomic E-state index is 0.371. The summed E-state index contributed by atoms with van der Waals surface area (Å²) in [5.74, 6) is 0. The number of likely N-dealkylation sites (N-methyl/N-ethyl adjacent to an activating group) is 1. The SMILES string of the molecule is CC(N)C(CO)N(C)CC(F)(F)F. The third kappa shape index (κ3) is 5.07. The maximum absolute atomic E-state index is 11.9. The molecule has 2 unspecified atom stereocenters. The van der Waals surface area contributed by atoms with Crippen molar-refractivity contribution in [2.45, 2.75) is 25.2 Å². The van der Waals surface area contributed by atoms with Crippen molar-refractivity contribution in [3.05, 3.63) is 0 Å². The number of alkyl halides is 3. The van der Waals surface area contributed by atoms with Gasteiger partial charge in [-0.15, -0.1) is 0 Å². The van der Waals surface area contributed by atoms with Crippen molar-refractivity contribution in [3.8, 4) is 0 Å². The van der Waals surface area contributed by atoms with E-state index in [4.69, 9.17) is 10.8 Å². The van der Waals surface area contributed by atoms with Gasteiger partial charge in [-0.25, -0.2) is 0 Å². The van der Waals surface area contributed by atoms with Crippen LogP contribution in [0.15, 0.2) is 0 Å². The van der Waals surface area contributed by atoms with Crippen LogP contribution in [0.1, 0.15) is 6.92 Å². The summed E-state index contributed by atoms with van der Waals surface area (Å²) >= 11 is 0. The van der Waals surface area contributed by atoms with Crippen LogP contribution in [-0.2, 0) is 0 Å². The Balaban J connectivity index is 4.14. The lowest BCUT2D eigenvalue weighted by molar-refractivity contribution is -0.149. The predicted molar refractivity (Wildman–Crippen MR) is 43.2 cm³/mol. The van der Waals surface area contributed by atoms with E-state index in [1.54, 1.807) is 6.92 Å². The molecule has 13 heavy (non-hydrogen) atoms. The molecule has 0 saturated heterocycles. The Morgan fingerprint density at radius 2 is 1.92 bits per heavy atom. The molecule has 0 spiro atoms. The topological polar surface area (TPSA) is 49.5 Å². The monoisotopic (exact) mass is 200 g/mol. The largest absolute Gasteiger partial charge is 0.401 e. The molecule has 3 N–H and O–H groups in total. The van der Waals surface area contributed by atoms with Gasteiger partial charge in [-0.1, -0.05) is 0 Å². The van der Waals surface area contributed by atoms with E-state index in [0.717, 1.165) is 4.90 Å². The molecule has 0 amide bonds. The van der Waals surface area contributed by atoms with Gasteiger partial charge in [0.1, 0.15) is 0 Å². The minimum Gasteiger partial charge on any atom is -0.395 e. The van der Waals surface area contributed by atoms with E-state index in [2.05, 4.69) is 0 Å². The highest BCUT2D eigenvalue weighted by molar-refractivity contribution is 4.77. The highest BCUT2D eigenvalue weighted by Gasteiger charge is 2.32. The lowest BCUT2D eigenvalue weighted by atomic mass is 10.1. The van der Waals surface area contributed by atoms with Gasteiger partial charge in [0.05, 0.1) is 13.2 Å². The van der Waals surface area contributed by atoms with Crippen molar-refractivity contribution in [1.82, 2.24) is 4.90 Å². The second kappa shape index (κ2) is 4.78. The fraction of sp³-hybridized carbons (Fsp3) is 1.00. The van der Waals surface area contributed by atoms with Crippen LogP contribution in [0.5, 0.6) is 0 Å². The molecule has 0 aliphatic carbocycles. The summed E-state index contributed by atoms with van der Waals surface area (Å²) in [5.41, 5.74) is 5.40. The van der Waals surface area contributed by atoms with Crippen LogP contribution >= 0.6 is 0 Å². The van der Waals surface area contributed by atoms with Crippen molar-refractivity contribution in [2.75, 3.05) is 20.2 Å². The first-order valence-corrected chi connectivity index (χ1v) is 3.91. The van der Waals surface area contributed by atoms with E-state index in [1.165, 1.54) is 7.05 Å². The van der Waals surface area contributed by atoms with Crippen molar-refractivity contribution in [3.63, 3.8) is 0 Å². The zero-order valence-corrected chi connectivity index (χ0v) is 7.67. The second-order valence-electron chi connectivity index (χ2n) is 3.14. The fourth-order valence-electron chi connectivity index (χ4n) is 1.11. The molecular weight excluding hydrogens is 185 g/mol. The Labute approximate surface area is 75.3 Å². The number of aliphatic hydroxyl groups is 1. The van der Waals surface area contributed by atoms with Gasteiger partial charge in [-0.3, -0.25) is 4.90 Å². The first-order valence-electron chi connectivity index (χ1n) is 3.91. The zero-order chi connectivity index (χ0) is 10.6. The Bertz CT molecular complexity index is 149. The number of hydrogen-bond donors (Lipinski definition) is 2. The minimum atomic E-state index is -4.25. The molecule has 0 heterocycles. The second-order valence-corrected chi connectivity index (χ2v) is 3.14. The summed E-state index contributed by atoms with van der Waals surface area (Å²) in [6.07, 6.45) is -4.25. The van der Waals surface area contributed by atoms with E-state index >= 15 is 0 Å². The fourth-order valence-corrected chi connectivity index (χ4v) is 1.11. The van der Waals surface area contributed by atoms with E-state index in [1.807, 2.05) is 0 Å². The Hall–Kier alpha value is -0.330. The van der Waals surface area contributed by atoms with Crippen molar-refractivity contribution in [2.24, 2.45) is 5.73 Å². The molecule has 0 rings (SSSR count). The number of halogens is 3. The van der Waals surface area contributed by atoms with Crippen LogP contribution in [0, 0.1) is 0 Å². The summed E-state index contributed by atoms with van der Waals surface area (Å²) in [6, 6.07) is -1.14. The van der Waals surface area contributed by atoms with Crippen LogP contribution in [0.2, 0.25) is 0 Å². The molecule has 0 fully saturated rings. The van der Waals surface area contributed by atoms with Gasteiger partial charge < -0.3 is 10.8 Å². The van der Waals surface area contributed by atoms with Crippen LogP contribution in [0.3, 0.4) is 0 Å². The zero-order valence-electron chi connectivity index (χ0n) is 7.67. The quantitative estimate of drug-likeness (QED) is 0.681. The smallest absolute Gasteiger partial charge is 0.395 e. The molecule has 6 heteroatoms. The molecule has 0 bridgehead atoms. The molecule has 80 valence electrons. The number of rotatable bonds is 4. The molecular formula is C7H15F3N2O. The van der Waals surface area contributed by atoms with E-state index < -0.39 is 24.8 Å². The highest BCUT2D eigenvalue weighted by atomic mass is 19.4. The average molecular weight is 200 g/mol. The number of nitrogens with two attached hydrogens (primary N) is 1. The first-order chi connectivity index (χ1) is 5.78. The van der Waals surface area contributed by atoms with Crippen LogP contribution in [-0.4, -0.2) is 48.5 Å². The van der Waals surface area contributed by atoms with Gasteiger partial charge in [0.25, 0.3) is 0 Å². The standard InChI is InChI=1S/C7H15F3N2O/c1-5(11)6(3-13)12(2)4-7(8,9)10/h5-6,13H,3-4,11H2,1-2H3. The predicted octanol–water partition coefficient (Wildman–Crippen LogP) is 0.189. The Morgan fingerprint density at radius 1 is 1.46 bits per heavy atom. The number of nitrogens with zero attached hydrogens (tertiary/aromatic N) is 1. The van der Waals surface area contributed by atoms with E-state index in [9.17, 15) is 13.2 Å². The summed E-state index contributed by atoms with van der Waals surface area (Å²) in [4.78, 5) is 1.00. The maximum Gasteiger partial charge on any atom is 0.401 e. The van der Waals surface area contributed by atoms with Gasteiger partial charge in [0.2, 0.25) is 0 Å². The molecule has 0 aromatic carbocycles. The summed E-state index contributed by atoms with van der Waals surface area (Å²) in [6.45, 7) is 0.137. The lowest BCUT2D eigenvalue weighted by Crippen LogP contribution is -2.49. The van der Waals surface area contributed by atoms with Crippen LogP contribution in [0.4, 0.5) is 13.2 Å². The normalized spacial score (nSPS) is 17.5. The number of hydrogen-bond acceptors (Lipinski definition) is 3. The molecule has 0 aliphatic rings. The van der Waals surface area contributed by atoms with Crippen LogP contribution < -0.4 is 5.73 Å². The van der Waals surface area contributed by atoms with Crippen molar-refractivity contribution < 1.29 is 18.3 Å². The van der Waals surface area contributed by atoms with E-state index in [0.29, 0.717) is 0 Å². The first kappa shape index (κ1) is 12.7. The molecule has 0 aromatic rings. The Morgan fingerprint density at radius 3 is 2.15 bits per heavy atom. The lowest BCUT2D eigenvalue weighted by Gasteiger charge is -2.29. The highest BCUT2D eigenvalue weighted by Crippen LogP contribution is 2.17.